The molecule has 1 aromatic rings. The first kappa shape index (κ1) is 9.16. The van der Waals surface area contributed by atoms with Crippen LogP contribution in [0, 0.1) is 0 Å². The summed E-state index contributed by atoms with van der Waals surface area (Å²) in [5.41, 5.74) is 3.18. The Labute approximate surface area is 93.7 Å². The van der Waals surface area contributed by atoms with Crippen LogP contribution in [0.4, 0.5) is 0 Å². The first-order chi connectivity index (χ1) is 7.45. The number of nitrogens with zero attached hydrogens (tertiary/aromatic N) is 1. The third-order valence-electron chi connectivity index (χ3n) is 3.11. The van der Waals surface area contributed by atoms with Gasteiger partial charge in [0.1, 0.15) is 0 Å². The van der Waals surface area contributed by atoms with Crippen molar-refractivity contribution in [3.05, 3.63) is 33.7 Å². The van der Waals surface area contributed by atoms with E-state index in [1.807, 2.05) is 17.5 Å². The monoisotopic (exact) mass is 218 g/mol. The summed E-state index contributed by atoms with van der Waals surface area (Å²) in [7, 11) is 0. The zero-order valence-electron chi connectivity index (χ0n) is 8.57. The molecule has 0 bridgehead atoms. The van der Waals surface area contributed by atoms with Crippen molar-refractivity contribution >= 4 is 17.7 Å². The maximum Gasteiger partial charge on any atom is 0.0886 e. The summed E-state index contributed by atoms with van der Waals surface area (Å²) in [5.74, 6) is 0. The van der Waals surface area contributed by atoms with Crippen LogP contribution in [0.1, 0.15) is 34.9 Å². The zero-order valence-corrected chi connectivity index (χ0v) is 9.39. The fourth-order valence-corrected chi connectivity index (χ4v) is 3.53. The fraction of sp³-hybridized carbons (Fsp3) is 0.417. The molecule has 2 heterocycles. The van der Waals surface area contributed by atoms with Crippen LogP contribution in [0.15, 0.2) is 22.6 Å². The molecule has 1 atom stereocenters. The number of nitrogens with one attached hydrogen (secondary N) is 1. The van der Waals surface area contributed by atoms with Gasteiger partial charge in [-0.05, 0) is 48.3 Å². The maximum atomic E-state index is 4.04. The molecule has 2 nitrogen and oxygen atoms in total. The summed E-state index contributed by atoms with van der Waals surface area (Å²) >= 11 is 1.90. The molecule has 0 spiro atoms. The smallest absolute Gasteiger partial charge is 0.0886 e. The summed E-state index contributed by atoms with van der Waals surface area (Å²) in [6, 6.07) is 0.356. The van der Waals surface area contributed by atoms with Gasteiger partial charge in [-0.1, -0.05) is 0 Å². The van der Waals surface area contributed by atoms with Crippen molar-refractivity contribution in [2.75, 3.05) is 0 Å². The quantitative estimate of drug-likeness (QED) is 0.770. The standard InChI is InChI=1S/C12H14N2S/c1-2-4-10-9(3-1)7-15-12(10)11-5-6-13-8-14-11/h5-8,11H,1-4H2,(H,13,14). The second-order valence-electron chi connectivity index (χ2n) is 4.07. The molecule has 3 heteroatoms. The van der Waals surface area contributed by atoms with Gasteiger partial charge >= 0.3 is 0 Å². The van der Waals surface area contributed by atoms with Crippen LogP contribution in [0.3, 0.4) is 0 Å². The Balaban J connectivity index is 1.94. The van der Waals surface area contributed by atoms with E-state index in [9.17, 15) is 0 Å². The lowest BCUT2D eigenvalue weighted by atomic mass is 9.92. The van der Waals surface area contributed by atoms with Crippen LogP contribution in [-0.2, 0) is 12.8 Å². The van der Waals surface area contributed by atoms with E-state index in [2.05, 4.69) is 21.8 Å². The number of fused-ring (bicyclic) bond motifs is 1. The number of aryl methyl sites for hydroxylation is 1. The molecule has 0 radical (unpaired) electrons. The largest absolute Gasteiger partial charge is 0.365 e. The van der Waals surface area contributed by atoms with E-state index in [-0.39, 0.29) is 0 Å². The van der Waals surface area contributed by atoms with Crippen LogP contribution in [0.2, 0.25) is 0 Å². The average molecular weight is 218 g/mol. The third-order valence-corrected chi connectivity index (χ3v) is 4.27. The molecule has 1 aromatic heterocycles. The Bertz CT molecular complexity index is 417. The highest BCUT2D eigenvalue weighted by molar-refractivity contribution is 7.10. The molecule has 1 unspecified atom stereocenters. The average Bonchev–Trinajstić information content (AvgIpc) is 2.74. The van der Waals surface area contributed by atoms with E-state index in [1.165, 1.54) is 30.6 Å². The van der Waals surface area contributed by atoms with E-state index >= 15 is 0 Å². The minimum absolute atomic E-state index is 0.356. The Hall–Kier alpha value is -1.09. The molecule has 0 amide bonds. The molecule has 0 saturated carbocycles. The number of thiophene rings is 1. The Kier molecular flexibility index (Phi) is 2.33. The topological polar surface area (TPSA) is 24.4 Å². The molecule has 1 aliphatic carbocycles. The van der Waals surface area contributed by atoms with E-state index in [1.54, 1.807) is 17.5 Å². The van der Waals surface area contributed by atoms with Gasteiger partial charge in [-0.25, -0.2) is 4.99 Å². The van der Waals surface area contributed by atoms with E-state index < -0.39 is 0 Å². The molecule has 1 aliphatic heterocycles. The lowest BCUT2D eigenvalue weighted by Crippen LogP contribution is -2.20. The SMILES string of the molecule is C1=CC(c2scc3c2CCCC3)NC=N1. The molecular formula is C12H14N2S. The van der Waals surface area contributed by atoms with Crippen LogP contribution >= 0.6 is 11.3 Å². The zero-order chi connectivity index (χ0) is 10.1. The lowest BCUT2D eigenvalue weighted by Gasteiger charge is -2.18. The van der Waals surface area contributed by atoms with Gasteiger partial charge < -0.3 is 5.32 Å². The van der Waals surface area contributed by atoms with Gasteiger partial charge in [0.05, 0.1) is 12.4 Å². The molecule has 0 saturated heterocycles. The Morgan fingerprint density at radius 3 is 3.13 bits per heavy atom. The third kappa shape index (κ3) is 1.61. The van der Waals surface area contributed by atoms with Crippen LogP contribution in [0.5, 0.6) is 0 Å². The van der Waals surface area contributed by atoms with Crippen molar-refractivity contribution in [3.63, 3.8) is 0 Å². The second kappa shape index (κ2) is 3.81. The minimum Gasteiger partial charge on any atom is -0.365 e. The fourth-order valence-electron chi connectivity index (χ4n) is 2.33. The first-order valence-electron chi connectivity index (χ1n) is 5.48. The summed E-state index contributed by atoms with van der Waals surface area (Å²) in [5, 5.41) is 5.64. The van der Waals surface area contributed by atoms with E-state index in [0.29, 0.717) is 6.04 Å². The molecule has 2 aliphatic rings. The Morgan fingerprint density at radius 2 is 2.27 bits per heavy atom. The Morgan fingerprint density at radius 1 is 1.33 bits per heavy atom. The highest BCUT2D eigenvalue weighted by Crippen LogP contribution is 2.34. The molecule has 1 N–H and O–H groups in total. The summed E-state index contributed by atoms with van der Waals surface area (Å²) in [4.78, 5) is 5.53. The van der Waals surface area contributed by atoms with Crippen molar-refractivity contribution in [2.45, 2.75) is 31.7 Å². The van der Waals surface area contributed by atoms with Gasteiger partial charge in [-0.2, -0.15) is 0 Å². The number of rotatable bonds is 1. The predicted molar refractivity (Wildman–Crippen MR) is 64.5 cm³/mol. The highest BCUT2D eigenvalue weighted by atomic mass is 32.1. The van der Waals surface area contributed by atoms with E-state index in [0.717, 1.165) is 0 Å². The first-order valence-corrected chi connectivity index (χ1v) is 6.36. The normalized spacial score (nSPS) is 23.6. The summed E-state index contributed by atoms with van der Waals surface area (Å²) < 4.78 is 0. The molecule has 0 aromatic carbocycles. The highest BCUT2D eigenvalue weighted by Gasteiger charge is 2.20. The van der Waals surface area contributed by atoms with Gasteiger partial charge in [0.25, 0.3) is 0 Å². The molecular weight excluding hydrogens is 204 g/mol. The van der Waals surface area contributed by atoms with Crippen molar-refractivity contribution < 1.29 is 0 Å². The van der Waals surface area contributed by atoms with Crippen molar-refractivity contribution in [3.8, 4) is 0 Å². The predicted octanol–water partition coefficient (Wildman–Crippen LogP) is 2.81. The summed E-state index contributed by atoms with van der Waals surface area (Å²) in [6.07, 6.45) is 11.1. The van der Waals surface area contributed by atoms with Crippen molar-refractivity contribution in [1.29, 1.82) is 0 Å². The van der Waals surface area contributed by atoms with Gasteiger partial charge in [-0.3, -0.25) is 0 Å². The van der Waals surface area contributed by atoms with E-state index in [4.69, 9.17) is 0 Å². The van der Waals surface area contributed by atoms with Crippen molar-refractivity contribution in [2.24, 2.45) is 4.99 Å². The lowest BCUT2D eigenvalue weighted by molar-refractivity contribution is 0.675. The maximum absolute atomic E-state index is 4.04. The number of aliphatic imine (C=N–C) groups is 1. The molecule has 3 rings (SSSR count). The minimum atomic E-state index is 0.356. The van der Waals surface area contributed by atoms with Gasteiger partial charge in [0.15, 0.2) is 0 Å². The molecule has 0 fully saturated rings. The molecule has 78 valence electrons. The van der Waals surface area contributed by atoms with Crippen LogP contribution in [0.25, 0.3) is 0 Å². The second-order valence-corrected chi connectivity index (χ2v) is 4.99. The van der Waals surface area contributed by atoms with Gasteiger partial charge in [-0.15, -0.1) is 11.3 Å². The van der Waals surface area contributed by atoms with Crippen LogP contribution < -0.4 is 5.32 Å². The van der Waals surface area contributed by atoms with Gasteiger partial charge in [0, 0.05) is 11.1 Å². The van der Waals surface area contributed by atoms with Gasteiger partial charge in [0.2, 0.25) is 0 Å². The molecule has 15 heavy (non-hydrogen) atoms. The number of hydrogen-bond acceptors (Lipinski definition) is 3. The van der Waals surface area contributed by atoms with Crippen LogP contribution in [-0.4, -0.2) is 6.34 Å². The number of hydrogen-bond donors (Lipinski definition) is 1. The van der Waals surface area contributed by atoms with Crippen molar-refractivity contribution in [1.82, 2.24) is 5.32 Å². The summed E-state index contributed by atoms with van der Waals surface area (Å²) in [6.45, 7) is 0.